The minimum atomic E-state index is -4.49. The fourth-order valence-corrected chi connectivity index (χ4v) is 1.66. The Balaban J connectivity index is 2.14. The van der Waals surface area contributed by atoms with Crippen molar-refractivity contribution in [3.8, 4) is 0 Å². The smallest absolute Gasteiger partial charge is 0.377 e. The maximum atomic E-state index is 12.6. The average molecular weight is 297 g/mol. The predicted octanol–water partition coefficient (Wildman–Crippen LogP) is 3.78. The van der Waals surface area contributed by atoms with E-state index >= 15 is 0 Å². The van der Waals surface area contributed by atoms with Gasteiger partial charge in [-0.25, -0.2) is 9.97 Å². The van der Waals surface area contributed by atoms with Crippen molar-refractivity contribution in [2.24, 2.45) is 0 Å². The summed E-state index contributed by atoms with van der Waals surface area (Å²) in [5.74, 6) is -0.0987. The van der Waals surface area contributed by atoms with Gasteiger partial charge in [0.2, 0.25) is 5.95 Å². The zero-order valence-electron chi connectivity index (χ0n) is 11.3. The van der Waals surface area contributed by atoms with E-state index in [2.05, 4.69) is 15.3 Å². The summed E-state index contributed by atoms with van der Waals surface area (Å²) in [6.45, 7) is 2.92. The van der Waals surface area contributed by atoms with Crippen LogP contribution in [-0.4, -0.2) is 16.6 Å². The van der Waals surface area contributed by atoms with Gasteiger partial charge in [-0.05, 0) is 30.7 Å². The van der Waals surface area contributed by atoms with Gasteiger partial charge in [0.15, 0.2) is 0 Å². The second kappa shape index (κ2) is 6.53. The molecule has 0 aliphatic carbocycles. The number of halogens is 3. The molecule has 0 aliphatic rings. The molecule has 0 aliphatic heterocycles. The first-order valence-electron chi connectivity index (χ1n) is 6.33. The molecule has 0 atom stereocenters. The van der Waals surface area contributed by atoms with Crippen molar-refractivity contribution >= 4 is 11.6 Å². The van der Waals surface area contributed by atoms with Gasteiger partial charge in [-0.1, -0.05) is 12.1 Å². The molecule has 7 heteroatoms. The van der Waals surface area contributed by atoms with E-state index in [4.69, 9.17) is 4.74 Å². The summed E-state index contributed by atoms with van der Waals surface area (Å²) in [6.07, 6.45) is -3.42. The number of nitrogens with one attached hydrogen (secondary N) is 1. The van der Waals surface area contributed by atoms with E-state index in [1.165, 1.54) is 0 Å². The number of ether oxygens (including phenoxy) is 1. The third-order valence-electron chi connectivity index (χ3n) is 2.60. The van der Waals surface area contributed by atoms with Crippen LogP contribution in [0.3, 0.4) is 0 Å². The van der Waals surface area contributed by atoms with Crippen molar-refractivity contribution in [1.82, 2.24) is 9.97 Å². The Morgan fingerprint density at radius 1 is 1.24 bits per heavy atom. The van der Waals surface area contributed by atoms with Gasteiger partial charge in [-0.15, -0.1) is 0 Å². The lowest BCUT2D eigenvalue weighted by Gasteiger charge is -2.09. The molecule has 21 heavy (non-hydrogen) atoms. The van der Waals surface area contributed by atoms with Crippen LogP contribution in [-0.2, 0) is 17.5 Å². The normalized spacial score (nSPS) is 11.4. The van der Waals surface area contributed by atoms with Crippen LogP contribution in [0.1, 0.15) is 18.2 Å². The molecule has 2 rings (SSSR count). The van der Waals surface area contributed by atoms with Crippen molar-refractivity contribution in [1.29, 1.82) is 0 Å². The molecule has 0 amide bonds. The summed E-state index contributed by atoms with van der Waals surface area (Å²) < 4.78 is 43.0. The number of nitrogens with zero attached hydrogens (tertiary/aromatic N) is 2. The Labute approximate surface area is 120 Å². The maximum Gasteiger partial charge on any atom is 0.433 e. The zero-order valence-corrected chi connectivity index (χ0v) is 11.3. The van der Waals surface area contributed by atoms with Gasteiger partial charge in [0.05, 0.1) is 6.61 Å². The van der Waals surface area contributed by atoms with Crippen LogP contribution in [0.4, 0.5) is 24.8 Å². The van der Waals surface area contributed by atoms with Gasteiger partial charge in [0.25, 0.3) is 0 Å². The number of rotatable bonds is 5. The molecular weight excluding hydrogens is 283 g/mol. The fraction of sp³-hybridized carbons (Fsp3) is 0.286. The lowest BCUT2D eigenvalue weighted by atomic mass is 10.2. The van der Waals surface area contributed by atoms with Crippen molar-refractivity contribution < 1.29 is 17.9 Å². The molecule has 1 N–H and O–H groups in total. The second-order valence-corrected chi connectivity index (χ2v) is 4.23. The van der Waals surface area contributed by atoms with Gasteiger partial charge in [0, 0.05) is 18.5 Å². The third kappa shape index (κ3) is 4.42. The molecule has 4 nitrogen and oxygen atoms in total. The summed E-state index contributed by atoms with van der Waals surface area (Å²) in [7, 11) is 0. The van der Waals surface area contributed by atoms with Crippen molar-refractivity contribution in [2.45, 2.75) is 19.7 Å². The molecule has 0 unspecified atom stereocenters. The van der Waals surface area contributed by atoms with E-state index in [0.717, 1.165) is 17.8 Å². The molecule has 0 radical (unpaired) electrons. The Hall–Kier alpha value is -2.15. The van der Waals surface area contributed by atoms with Gasteiger partial charge in [-0.3, -0.25) is 0 Å². The number of hydrogen-bond donors (Lipinski definition) is 1. The first-order chi connectivity index (χ1) is 9.99. The highest BCUT2D eigenvalue weighted by Gasteiger charge is 2.32. The largest absolute Gasteiger partial charge is 0.433 e. The SMILES string of the molecule is CCOCc1cccc(Nc2nccc(C(F)(F)F)n2)c1. The number of hydrogen-bond acceptors (Lipinski definition) is 4. The summed E-state index contributed by atoms with van der Waals surface area (Å²) in [5, 5.41) is 2.76. The number of benzene rings is 1. The van der Waals surface area contributed by atoms with Crippen LogP contribution in [0, 0.1) is 0 Å². The number of aromatic nitrogens is 2. The van der Waals surface area contributed by atoms with E-state index < -0.39 is 11.9 Å². The van der Waals surface area contributed by atoms with E-state index in [-0.39, 0.29) is 5.95 Å². The topological polar surface area (TPSA) is 47.0 Å². The highest BCUT2D eigenvalue weighted by molar-refractivity contribution is 5.54. The Morgan fingerprint density at radius 2 is 2.05 bits per heavy atom. The van der Waals surface area contributed by atoms with E-state index in [1.807, 2.05) is 13.0 Å². The summed E-state index contributed by atoms with van der Waals surface area (Å²) >= 11 is 0. The molecule has 1 heterocycles. The standard InChI is InChI=1S/C14H14F3N3O/c1-2-21-9-10-4-3-5-11(8-10)19-13-18-7-6-12(20-13)14(15,16)17/h3-8H,2,9H2,1H3,(H,18,19,20). The molecule has 0 saturated carbocycles. The lowest BCUT2D eigenvalue weighted by molar-refractivity contribution is -0.141. The van der Waals surface area contributed by atoms with Crippen molar-refractivity contribution in [2.75, 3.05) is 11.9 Å². The van der Waals surface area contributed by atoms with Crippen molar-refractivity contribution in [3.05, 3.63) is 47.8 Å². The van der Waals surface area contributed by atoms with Crippen LogP contribution in [0.25, 0.3) is 0 Å². The molecule has 0 saturated heterocycles. The summed E-state index contributed by atoms with van der Waals surface area (Å²) in [5.41, 5.74) is 0.533. The van der Waals surface area contributed by atoms with Gasteiger partial charge in [-0.2, -0.15) is 13.2 Å². The van der Waals surface area contributed by atoms with E-state index in [0.29, 0.717) is 18.9 Å². The molecule has 0 bridgehead atoms. The first-order valence-corrected chi connectivity index (χ1v) is 6.33. The van der Waals surface area contributed by atoms with Crippen LogP contribution in [0.15, 0.2) is 36.5 Å². The van der Waals surface area contributed by atoms with Gasteiger partial charge >= 0.3 is 6.18 Å². The molecule has 112 valence electrons. The zero-order chi connectivity index (χ0) is 15.3. The predicted molar refractivity (Wildman–Crippen MR) is 72.1 cm³/mol. The lowest BCUT2D eigenvalue weighted by Crippen LogP contribution is -2.10. The minimum Gasteiger partial charge on any atom is -0.377 e. The third-order valence-corrected chi connectivity index (χ3v) is 2.60. The number of anilines is 2. The number of alkyl halides is 3. The monoisotopic (exact) mass is 297 g/mol. The molecule has 0 fully saturated rings. The molecule has 1 aromatic carbocycles. The maximum absolute atomic E-state index is 12.6. The summed E-state index contributed by atoms with van der Waals surface area (Å²) in [6, 6.07) is 7.98. The van der Waals surface area contributed by atoms with Gasteiger partial charge in [0.1, 0.15) is 5.69 Å². The van der Waals surface area contributed by atoms with Crippen LogP contribution >= 0.6 is 0 Å². The average Bonchev–Trinajstić information content (AvgIpc) is 2.45. The van der Waals surface area contributed by atoms with E-state index in [1.54, 1.807) is 18.2 Å². The van der Waals surface area contributed by atoms with Crippen LogP contribution in [0.2, 0.25) is 0 Å². The fourth-order valence-electron chi connectivity index (χ4n) is 1.66. The van der Waals surface area contributed by atoms with E-state index in [9.17, 15) is 13.2 Å². The quantitative estimate of drug-likeness (QED) is 0.912. The highest BCUT2D eigenvalue weighted by atomic mass is 19.4. The summed E-state index contributed by atoms with van der Waals surface area (Å²) in [4.78, 5) is 7.24. The molecule has 2 aromatic rings. The Morgan fingerprint density at radius 3 is 2.76 bits per heavy atom. The molecule has 1 aromatic heterocycles. The van der Waals surface area contributed by atoms with Gasteiger partial charge < -0.3 is 10.1 Å². The van der Waals surface area contributed by atoms with Crippen LogP contribution < -0.4 is 5.32 Å². The Bertz CT molecular complexity index is 602. The molecular formula is C14H14F3N3O. The second-order valence-electron chi connectivity index (χ2n) is 4.23. The molecule has 0 spiro atoms. The minimum absolute atomic E-state index is 0.0987. The van der Waals surface area contributed by atoms with Crippen molar-refractivity contribution in [3.63, 3.8) is 0 Å². The Kier molecular flexibility index (Phi) is 4.74. The van der Waals surface area contributed by atoms with Crippen LogP contribution in [0.5, 0.6) is 0 Å². The first kappa shape index (κ1) is 15.2. The highest BCUT2D eigenvalue weighted by Crippen LogP contribution is 2.28.